The molecule has 3 atom stereocenters. The molecular formula is C11H23ClN2O3. The first-order valence-corrected chi connectivity index (χ1v) is 5.60. The van der Waals surface area contributed by atoms with Crippen molar-refractivity contribution in [2.45, 2.75) is 46.2 Å². The van der Waals surface area contributed by atoms with E-state index >= 15 is 0 Å². The highest BCUT2D eigenvalue weighted by atomic mass is 35.5. The third kappa shape index (κ3) is 5.89. The number of carboxylic acid groups (broad SMARTS) is 1. The molecule has 0 aliphatic carbocycles. The molecule has 0 saturated heterocycles. The van der Waals surface area contributed by atoms with Crippen LogP contribution < -0.4 is 11.1 Å². The van der Waals surface area contributed by atoms with Gasteiger partial charge in [0.25, 0.3) is 0 Å². The van der Waals surface area contributed by atoms with Crippen LogP contribution in [0.4, 0.5) is 0 Å². The molecule has 0 aromatic rings. The van der Waals surface area contributed by atoms with Gasteiger partial charge in [0.1, 0.15) is 6.04 Å². The summed E-state index contributed by atoms with van der Waals surface area (Å²) >= 11 is 0. The zero-order chi connectivity index (χ0) is 12.9. The molecule has 0 radical (unpaired) electrons. The van der Waals surface area contributed by atoms with Crippen LogP contribution in [0.15, 0.2) is 0 Å². The van der Waals surface area contributed by atoms with Crippen molar-refractivity contribution >= 4 is 24.3 Å². The van der Waals surface area contributed by atoms with Gasteiger partial charge in [0.2, 0.25) is 5.91 Å². The Bertz CT molecular complexity index is 259. The molecule has 4 N–H and O–H groups in total. The van der Waals surface area contributed by atoms with Crippen molar-refractivity contribution < 1.29 is 14.7 Å². The van der Waals surface area contributed by atoms with Gasteiger partial charge in [-0.25, -0.2) is 4.79 Å². The summed E-state index contributed by atoms with van der Waals surface area (Å²) in [7, 11) is 0. The lowest BCUT2D eigenvalue weighted by molar-refractivity contribution is -0.143. The monoisotopic (exact) mass is 266 g/mol. The number of hydrogen-bond donors (Lipinski definition) is 3. The highest BCUT2D eigenvalue weighted by molar-refractivity contribution is 5.87. The third-order valence-electron chi connectivity index (χ3n) is 2.79. The van der Waals surface area contributed by atoms with Crippen LogP contribution in [0.5, 0.6) is 0 Å². The molecule has 1 amide bonds. The minimum Gasteiger partial charge on any atom is -0.480 e. The van der Waals surface area contributed by atoms with Gasteiger partial charge in [-0.15, -0.1) is 12.4 Å². The lowest BCUT2D eigenvalue weighted by Gasteiger charge is -2.23. The molecule has 0 unspecified atom stereocenters. The van der Waals surface area contributed by atoms with Crippen LogP contribution >= 0.6 is 12.4 Å². The Labute approximate surface area is 109 Å². The summed E-state index contributed by atoms with van der Waals surface area (Å²) in [5, 5.41) is 11.4. The van der Waals surface area contributed by atoms with E-state index in [9.17, 15) is 9.59 Å². The van der Waals surface area contributed by atoms with Gasteiger partial charge in [0.05, 0.1) is 6.04 Å². The fraction of sp³-hybridized carbons (Fsp3) is 0.818. The molecule has 0 aliphatic heterocycles. The molecule has 0 spiro atoms. The molecule has 0 aliphatic rings. The van der Waals surface area contributed by atoms with Crippen molar-refractivity contribution in [1.29, 1.82) is 0 Å². The molecular weight excluding hydrogens is 244 g/mol. The highest BCUT2D eigenvalue weighted by Gasteiger charge is 2.27. The van der Waals surface area contributed by atoms with Crippen LogP contribution in [-0.4, -0.2) is 29.1 Å². The summed E-state index contributed by atoms with van der Waals surface area (Å²) in [5.74, 6) is -1.54. The molecule has 0 saturated carbocycles. The first kappa shape index (κ1) is 18.6. The topological polar surface area (TPSA) is 92.4 Å². The number of halogens is 1. The highest BCUT2D eigenvalue weighted by Crippen LogP contribution is 2.07. The average Bonchev–Trinajstić information content (AvgIpc) is 2.22. The van der Waals surface area contributed by atoms with E-state index in [0.717, 1.165) is 6.42 Å². The number of aliphatic carboxylic acids is 1. The maximum atomic E-state index is 11.7. The second-order valence-corrected chi connectivity index (χ2v) is 4.48. The molecule has 0 aromatic heterocycles. The largest absolute Gasteiger partial charge is 0.480 e. The molecule has 0 rings (SSSR count). The predicted molar refractivity (Wildman–Crippen MR) is 69.1 cm³/mol. The molecule has 0 bridgehead atoms. The quantitative estimate of drug-likeness (QED) is 0.669. The Morgan fingerprint density at radius 3 is 2.06 bits per heavy atom. The number of amides is 1. The van der Waals surface area contributed by atoms with E-state index in [-0.39, 0.29) is 24.2 Å². The normalized spacial score (nSPS) is 15.6. The summed E-state index contributed by atoms with van der Waals surface area (Å²) in [6.07, 6.45) is 0.786. The number of rotatable bonds is 6. The molecule has 0 fully saturated rings. The van der Waals surface area contributed by atoms with Crippen LogP contribution in [0.1, 0.15) is 34.1 Å². The van der Waals surface area contributed by atoms with Crippen molar-refractivity contribution in [3.05, 3.63) is 0 Å². The van der Waals surface area contributed by atoms with E-state index < -0.39 is 24.0 Å². The van der Waals surface area contributed by atoms with E-state index in [2.05, 4.69) is 5.32 Å². The van der Waals surface area contributed by atoms with Crippen LogP contribution in [0.2, 0.25) is 0 Å². The fourth-order valence-electron chi connectivity index (χ4n) is 1.28. The number of carbonyl (C=O) groups excluding carboxylic acids is 1. The Kier molecular flexibility index (Phi) is 9.06. The SMILES string of the molecule is CC[C@H](C)[C@H](N)C(=O)N[C@H](C(=O)O)C(C)C.Cl. The fourth-order valence-corrected chi connectivity index (χ4v) is 1.28. The lowest BCUT2D eigenvalue weighted by Crippen LogP contribution is -2.52. The molecule has 102 valence electrons. The molecule has 0 heterocycles. The summed E-state index contributed by atoms with van der Waals surface area (Å²) in [6.45, 7) is 7.30. The predicted octanol–water partition coefficient (Wildman–Crippen LogP) is 1.01. The van der Waals surface area contributed by atoms with Gasteiger partial charge in [-0.05, 0) is 11.8 Å². The van der Waals surface area contributed by atoms with Gasteiger partial charge < -0.3 is 16.2 Å². The number of nitrogens with two attached hydrogens (primary N) is 1. The minimum atomic E-state index is -1.03. The van der Waals surface area contributed by atoms with Crippen LogP contribution in [-0.2, 0) is 9.59 Å². The van der Waals surface area contributed by atoms with E-state index in [4.69, 9.17) is 10.8 Å². The van der Waals surface area contributed by atoms with Gasteiger partial charge in [0.15, 0.2) is 0 Å². The minimum absolute atomic E-state index is 0. The molecule has 17 heavy (non-hydrogen) atoms. The van der Waals surface area contributed by atoms with Gasteiger partial charge in [-0.3, -0.25) is 4.79 Å². The third-order valence-corrected chi connectivity index (χ3v) is 2.79. The molecule has 5 nitrogen and oxygen atoms in total. The van der Waals surface area contributed by atoms with Crippen molar-refractivity contribution in [1.82, 2.24) is 5.32 Å². The second-order valence-electron chi connectivity index (χ2n) is 4.48. The Balaban J connectivity index is 0. The summed E-state index contributed by atoms with van der Waals surface area (Å²) in [4.78, 5) is 22.5. The van der Waals surface area contributed by atoms with Gasteiger partial charge >= 0.3 is 5.97 Å². The first-order chi connectivity index (χ1) is 7.31. The summed E-state index contributed by atoms with van der Waals surface area (Å²) < 4.78 is 0. The summed E-state index contributed by atoms with van der Waals surface area (Å²) in [5.41, 5.74) is 5.71. The molecule has 6 heteroatoms. The maximum absolute atomic E-state index is 11.7. The Morgan fingerprint density at radius 1 is 1.29 bits per heavy atom. The van der Waals surface area contributed by atoms with Gasteiger partial charge in [0, 0.05) is 0 Å². The van der Waals surface area contributed by atoms with E-state index in [1.54, 1.807) is 13.8 Å². The van der Waals surface area contributed by atoms with Crippen LogP contribution in [0, 0.1) is 11.8 Å². The number of nitrogens with one attached hydrogen (secondary N) is 1. The number of carbonyl (C=O) groups is 2. The zero-order valence-electron chi connectivity index (χ0n) is 10.8. The Hall–Kier alpha value is -0.810. The molecule has 0 aromatic carbocycles. The number of hydrogen-bond acceptors (Lipinski definition) is 3. The standard InChI is InChI=1S/C11H22N2O3.ClH/c1-5-7(4)8(12)10(14)13-9(6(2)3)11(15)16;/h6-9H,5,12H2,1-4H3,(H,13,14)(H,15,16);1H/t7-,8-,9-;/m0./s1. The van der Waals surface area contributed by atoms with E-state index in [0.29, 0.717) is 0 Å². The van der Waals surface area contributed by atoms with Crippen molar-refractivity contribution in [2.24, 2.45) is 17.6 Å². The van der Waals surface area contributed by atoms with E-state index in [1.165, 1.54) is 0 Å². The van der Waals surface area contributed by atoms with Gasteiger partial charge in [-0.1, -0.05) is 34.1 Å². The van der Waals surface area contributed by atoms with Crippen LogP contribution in [0.3, 0.4) is 0 Å². The van der Waals surface area contributed by atoms with Crippen LogP contribution in [0.25, 0.3) is 0 Å². The van der Waals surface area contributed by atoms with Crippen molar-refractivity contribution in [3.63, 3.8) is 0 Å². The second kappa shape index (κ2) is 8.31. The van der Waals surface area contributed by atoms with Crippen molar-refractivity contribution in [3.8, 4) is 0 Å². The van der Waals surface area contributed by atoms with E-state index in [1.807, 2.05) is 13.8 Å². The smallest absolute Gasteiger partial charge is 0.326 e. The number of carboxylic acids is 1. The average molecular weight is 267 g/mol. The zero-order valence-corrected chi connectivity index (χ0v) is 11.6. The summed E-state index contributed by atoms with van der Waals surface area (Å²) in [6, 6.07) is -1.52. The lowest BCUT2D eigenvalue weighted by atomic mass is 9.98. The Morgan fingerprint density at radius 2 is 1.76 bits per heavy atom. The first-order valence-electron chi connectivity index (χ1n) is 5.60. The maximum Gasteiger partial charge on any atom is 0.326 e. The van der Waals surface area contributed by atoms with Gasteiger partial charge in [-0.2, -0.15) is 0 Å². The van der Waals surface area contributed by atoms with Crippen molar-refractivity contribution in [2.75, 3.05) is 0 Å².